The lowest BCUT2D eigenvalue weighted by Crippen LogP contribution is -2.16. The summed E-state index contributed by atoms with van der Waals surface area (Å²) in [6.07, 6.45) is 0. The van der Waals surface area contributed by atoms with E-state index in [9.17, 15) is 18.0 Å². The van der Waals surface area contributed by atoms with E-state index in [4.69, 9.17) is 9.88 Å². The molecule has 1 aromatic rings. The molecule has 0 saturated heterocycles. The van der Waals surface area contributed by atoms with Crippen LogP contribution in [0.25, 0.3) is 0 Å². The molecule has 0 radical (unpaired) electrons. The second kappa shape index (κ2) is 4.64. The van der Waals surface area contributed by atoms with Crippen molar-refractivity contribution in [3.8, 4) is 5.75 Å². The molecule has 0 aliphatic heterocycles. The van der Waals surface area contributed by atoms with Gasteiger partial charge in [0.15, 0.2) is 11.5 Å². The predicted octanol–water partition coefficient (Wildman–Crippen LogP) is 0.462. The Hall–Kier alpha value is -1.73. The quantitative estimate of drug-likeness (QED) is 0.481. The number of Topliss-reactive ketones (excluding diaryl/α,β-unsaturated/α-hetero) is 1. The number of esters is 1. The molecular formula is C10H11NO5S. The molecule has 0 saturated carbocycles. The fourth-order valence-electron chi connectivity index (χ4n) is 1.19. The lowest BCUT2D eigenvalue weighted by atomic mass is 10.1. The van der Waals surface area contributed by atoms with Gasteiger partial charge >= 0.3 is 5.97 Å². The summed E-state index contributed by atoms with van der Waals surface area (Å²) >= 11 is 0. The van der Waals surface area contributed by atoms with Crippen LogP contribution in [0.4, 0.5) is 0 Å². The minimum atomic E-state index is -4.06. The van der Waals surface area contributed by atoms with Gasteiger partial charge in [0.05, 0.1) is 0 Å². The maximum atomic E-state index is 11.3. The highest BCUT2D eigenvalue weighted by atomic mass is 32.2. The van der Waals surface area contributed by atoms with Crippen LogP contribution in [0.5, 0.6) is 5.75 Å². The Morgan fingerprint density at radius 1 is 1.24 bits per heavy atom. The van der Waals surface area contributed by atoms with Gasteiger partial charge in [0.25, 0.3) is 0 Å². The van der Waals surface area contributed by atoms with Gasteiger partial charge in [0.1, 0.15) is 4.90 Å². The summed E-state index contributed by atoms with van der Waals surface area (Å²) in [5.74, 6) is -1.18. The Balaban J connectivity index is 3.42. The molecule has 0 spiro atoms. The van der Waals surface area contributed by atoms with E-state index in [0.29, 0.717) is 0 Å². The zero-order chi connectivity index (χ0) is 13.2. The monoisotopic (exact) mass is 257 g/mol. The van der Waals surface area contributed by atoms with E-state index in [0.717, 1.165) is 13.0 Å². The molecular weight excluding hydrogens is 246 g/mol. The van der Waals surface area contributed by atoms with Crippen LogP contribution >= 0.6 is 0 Å². The normalized spacial score (nSPS) is 11.0. The predicted molar refractivity (Wildman–Crippen MR) is 59.1 cm³/mol. The van der Waals surface area contributed by atoms with Gasteiger partial charge in [-0.05, 0) is 25.1 Å². The van der Waals surface area contributed by atoms with Crippen molar-refractivity contribution in [2.24, 2.45) is 5.14 Å². The molecule has 1 rings (SSSR count). The van der Waals surface area contributed by atoms with Crippen LogP contribution in [0.1, 0.15) is 24.2 Å². The zero-order valence-corrected chi connectivity index (χ0v) is 10.1. The highest BCUT2D eigenvalue weighted by Crippen LogP contribution is 2.24. The van der Waals surface area contributed by atoms with Crippen molar-refractivity contribution in [1.29, 1.82) is 0 Å². The van der Waals surface area contributed by atoms with Gasteiger partial charge in [-0.1, -0.05) is 0 Å². The zero-order valence-electron chi connectivity index (χ0n) is 9.26. The van der Waals surface area contributed by atoms with Crippen molar-refractivity contribution in [2.45, 2.75) is 18.7 Å². The molecule has 0 heterocycles. The molecule has 7 heteroatoms. The van der Waals surface area contributed by atoms with Gasteiger partial charge < -0.3 is 4.74 Å². The van der Waals surface area contributed by atoms with Crippen LogP contribution in [0, 0.1) is 0 Å². The molecule has 0 fully saturated rings. The number of benzene rings is 1. The first-order valence-corrected chi connectivity index (χ1v) is 6.12. The van der Waals surface area contributed by atoms with E-state index in [-0.39, 0.29) is 22.0 Å². The van der Waals surface area contributed by atoms with Crippen LogP contribution in [0.3, 0.4) is 0 Å². The third-order valence-electron chi connectivity index (χ3n) is 1.91. The first-order chi connectivity index (χ1) is 7.71. The van der Waals surface area contributed by atoms with Crippen molar-refractivity contribution >= 4 is 21.8 Å². The molecule has 92 valence electrons. The SMILES string of the molecule is CC(=O)Oc1ccc(C(C)=O)cc1S(N)(=O)=O. The summed E-state index contributed by atoms with van der Waals surface area (Å²) in [6, 6.07) is 3.66. The fourth-order valence-corrected chi connectivity index (χ4v) is 1.87. The Morgan fingerprint density at radius 3 is 2.24 bits per heavy atom. The molecule has 0 aliphatic carbocycles. The summed E-state index contributed by atoms with van der Waals surface area (Å²) in [5.41, 5.74) is 0.171. The van der Waals surface area contributed by atoms with Gasteiger partial charge in [0.2, 0.25) is 10.0 Å². The summed E-state index contributed by atoms with van der Waals surface area (Å²) in [4.78, 5) is 21.5. The molecule has 0 aromatic heterocycles. The Kier molecular flexibility index (Phi) is 3.64. The third-order valence-corrected chi connectivity index (χ3v) is 2.84. The van der Waals surface area contributed by atoms with Gasteiger partial charge in [-0.25, -0.2) is 13.6 Å². The van der Waals surface area contributed by atoms with Crippen molar-refractivity contribution < 1.29 is 22.7 Å². The van der Waals surface area contributed by atoms with Crippen LogP contribution in [0.15, 0.2) is 23.1 Å². The standard InChI is InChI=1S/C10H11NO5S/c1-6(12)8-3-4-9(16-7(2)13)10(5-8)17(11,14)15/h3-5H,1-2H3,(H2,11,14,15). The van der Waals surface area contributed by atoms with Crippen molar-refractivity contribution in [3.05, 3.63) is 23.8 Å². The van der Waals surface area contributed by atoms with Gasteiger partial charge in [-0.3, -0.25) is 9.59 Å². The second-order valence-corrected chi connectivity index (χ2v) is 4.89. The third kappa shape index (κ3) is 3.36. The van der Waals surface area contributed by atoms with Crippen molar-refractivity contribution in [3.63, 3.8) is 0 Å². The average molecular weight is 257 g/mol. The topological polar surface area (TPSA) is 104 Å². The fraction of sp³-hybridized carbons (Fsp3) is 0.200. The Bertz CT molecular complexity index is 576. The largest absolute Gasteiger partial charge is 0.425 e. The highest BCUT2D eigenvalue weighted by molar-refractivity contribution is 7.89. The number of nitrogens with two attached hydrogens (primary N) is 1. The first kappa shape index (κ1) is 13.3. The minimum Gasteiger partial charge on any atom is -0.425 e. The van der Waals surface area contributed by atoms with Gasteiger partial charge in [-0.2, -0.15) is 0 Å². The summed E-state index contributed by atoms with van der Waals surface area (Å²) in [7, 11) is -4.06. The van der Waals surface area contributed by atoms with E-state index < -0.39 is 16.0 Å². The lowest BCUT2D eigenvalue weighted by molar-refractivity contribution is -0.132. The lowest BCUT2D eigenvalue weighted by Gasteiger charge is -2.08. The number of sulfonamides is 1. The number of ketones is 1. The summed E-state index contributed by atoms with van der Waals surface area (Å²) in [5, 5.41) is 4.97. The molecule has 1 aromatic carbocycles. The van der Waals surface area contributed by atoms with E-state index in [1.54, 1.807) is 0 Å². The molecule has 2 N–H and O–H groups in total. The van der Waals surface area contributed by atoms with E-state index in [2.05, 4.69) is 0 Å². The Labute approximate surface area is 98.4 Å². The van der Waals surface area contributed by atoms with E-state index in [1.807, 2.05) is 0 Å². The number of carbonyl (C=O) groups excluding carboxylic acids is 2. The van der Waals surface area contributed by atoms with Crippen molar-refractivity contribution in [1.82, 2.24) is 0 Å². The Morgan fingerprint density at radius 2 is 1.82 bits per heavy atom. The maximum Gasteiger partial charge on any atom is 0.308 e. The van der Waals surface area contributed by atoms with Gasteiger partial charge in [-0.15, -0.1) is 0 Å². The van der Waals surface area contributed by atoms with Crippen LogP contribution in [0.2, 0.25) is 0 Å². The van der Waals surface area contributed by atoms with Crippen LogP contribution in [-0.4, -0.2) is 20.2 Å². The molecule has 0 amide bonds. The number of hydrogen-bond acceptors (Lipinski definition) is 5. The minimum absolute atomic E-state index is 0.171. The summed E-state index contributed by atoms with van der Waals surface area (Å²) < 4.78 is 27.3. The maximum absolute atomic E-state index is 11.3. The molecule has 0 aliphatic rings. The van der Waals surface area contributed by atoms with Crippen LogP contribution in [-0.2, 0) is 14.8 Å². The number of rotatable bonds is 3. The van der Waals surface area contributed by atoms with Gasteiger partial charge in [0, 0.05) is 12.5 Å². The number of carbonyl (C=O) groups is 2. The highest BCUT2D eigenvalue weighted by Gasteiger charge is 2.18. The molecule has 0 atom stereocenters. The van der Waals surface area contributed by atoms with E-state index >= 15 is 0 Å². The second-order valence-electron chi connectivity index (χ2n) is 3.36. The first-order valence-electron chi connectivity index (χ1n) is 4.58. The molecule has 0 bridgehead atoms. The summed E-state index contributed by atoms with van der Waals surface area (Å²) in [6.45, 7) is 2.42. The van der Waals surface area contributed by atoms with Crippen LogP contribution < -0.4 is 9.88 Å². The van der Waals surface area contributed by atoms with Crippen molar-refractivity contribution in [2.75, 3.05) is 0 Å². The number of hydrogen-bond donors (Lipinski definition) is 1. The smallest absolute Gasteiger partial charge is 0.308 e. The molecule has 6 nitrogen and oxygen atoms in total. The number of ether oxygens (including phenoxy) is 1. The molecule has 17 heavy (non-hydrogen) atoms. The molecule has 0 unspecified atom stereocenters. The number of primary sulfonamides is 1. The average Bonchev–Trinajstić information content (AvgIpc) is 2.15. The van der Waals surface area contributed by atoms with E-state index in [1.165, 1.54) is 19.1 Å².